The molecule has 0 unspecified atom stereocenters. The molecule has 0 radical (unpaired) electrons. The molecule has 0 heterocycles. The van der Waals surface area contributed by atoms with Gasteiger partial charge in [0, 0.05) is 7.05 Å². The molecule has 0 saturated carbocycles. The first-order valence-electron chi connectivity index (χ1n) is 6.05. The molecular weight excluding hydrogens is 258 g/mol. The Bertz CT molecular complexity index is 658. The van der Waals surface area contributed by atoms with Gasteiger partial charge in [0.1, 0.15) is 0 Å². The van der Waals surface area contributed by atoms with Crippen LogP contribution in [-0.4, -0.2) is 15.5 Å². The van der Waals surface area contributed by atoms with Crippen LogP contribution >= 0.6 is 0 Å². The molecular formula is C15H17NO2S. The number of hydrogen-bond donors (Lipinski definition) is 0. The Balaban J connectivity index is 2.53. The van der Waals surface area contributed by atoms with E-state index in [9.17, 15) is 8.42 Å². The molecule has 0 aliphatic carbocycles. The molecule has 0 N–H and O–H groups in total. The standard InChI is InChI=1S/C15H17NO2S/c1-12-8-7-9-13(2)15(12)16(3)19(17,18)14-10-5-4-6-11-14/h4-11H,1-3H3. The number of para-hydroxylation sites is 1. The fraction of sp³-hybridized carbons (Fsp3) is 0.200. The Labute approximate surface area is 114 Å². The maximum absolute atomic E-state index is 12.6. The summed E-state index contributed by atoms with van der Waals surface area (Å²) in [6, 6.07) is 14.2. The van der Waals surface area contributed by atoms with Crippen molar-refractivity contribution in [3.63, 3.8) is 0 Å². The maximum atomic E-state index is 12.6. The Hall–Kier alpha value is -1.81. The summed E-state index contributed by atoms with van der Waals surface area (Å²) in [5, 5.41) is 0. The van der Waals surface area contributed by atoms with E-state index < -0.39 is 10.0 Å². The van der Waals surface area contributed by atoms with Crippen molar-refractivity contribution in [2.24, 2.45) is 0 Å². The van der Waals surface area contributed by atoms with Gasteiger partial charge in [0.2, 0.25) is 0 Å². The lowest BCUT2D eigenvalue weighted by Gasteiger charge is -2.23. The molecule has 0 amide bonds. The van der Waals surface area contributed by atoms with E-state index in [1.807, 2.05) is 32.0 Å². The molecule has 0 saturated heterocycles. The van der Waals surface area contributed by atoms with E-state index in [1.165, 1.54) is 4.31 Å². The summed E-state index contributed by atoms with van der Waals surface area (Å²) in [7, 11) is -1.91. The highest BCUT2D eigenvalue weighted by Gasteiger charge is 2.23. The lowest BCUT2D eigenvalue weighted by Crippen LogP contribution is -2.27. The van der Waals surface area contributed by atoms with Crippen LogP contribution in [0.5, 0.6) is 0 Å². The first-order valence-corrected chi connectivity index (χ1v) is 7.49. The van der Waals surface area contributed by atoms with Crippen LogP contribution in [-0.2, 0) is 10.0 Å². The summed E-state index contributed by atoms with van der Waals surface area (Å²) in [5.41, 5.74) is 2.63. The molecule has 0 aromatic heterocycles. The van der Waals surface area contributed by atoms with Crippen molar-refractivity contribution >= 4 is 15.7 Å². The van der Waals surface area contributed by atoms with E-state index in [-0.39, 0.29) is 0 Å². The zero-order valence-corrected chi connectivity index (χ0v) is 12.1. The quantitative estimate of drug-likeness (QED) is 0.863. The summed E-state index contributed by atoms with van der Waals surface area (Å²) in [6.07, 6.45) is 0. The largest absolute Gasteiger partial charge is 0.269 e. The van der Waals surface area contributed by atoms with E-state index in [1.54, 1.807) is 37.4 Å². The molecule has 0 spiro atoms. The molecule has 19 heavy (non-hydrogen) atoms. The Morgan fingerprint density at radius 2 is 1.37 bits per heavy atom. The normalized spacial score (nSPS) is 11.3. The lowest BCUT2D eigenvalue weighted by molar-refractivity contribution is 0.594. The highest BCUT2D eigenvalue weighted by Crippen LogP contribution is 2.28. The molecule has 4 heteroatoms. The van der Waals surface area contributed by atoms with Crippen LogP contribution < -0.4 is 4.31 Å². The number of aryl methyl sites for hydroxylation is 2. The summed E-state index contributed by atoms with van der Waals surface area (Å²) < 4.78 is 26.5. The molecule has 0 fully saturated rings. The van der Waals surface area contributed by atoms with Crippen molar-refractivity contribution in [2.75, 3.05) is 11.4 Å². The monoisotopic (exact) mass is 275 g/mol. The molecule has 2 aromatic rings. The smallest absolute Gasteiger partial charge is 0.264 e. The summed E-state index contributed by atoms with van der Waals surface area (Å²) in [5.74, 6) is 0. The zero-order valence-electron chi connectivity index (χ0n) is 11.3. The van der Waals surface area contributed by atoms with Gasteiger partial charge >= 0.3 is 0 Å². The van der Waals surface area contributed by atoms with Gasteiger partial charge in [0.05, 0.1) is 10.6 Å². The third-order valence-electron chi connectivity index (χ3n) is 3.16. The van der Waals surface area contributed by atoms with Crippen molar-refractivity contribution in [3.8, 4) is 0 Å². The highest BCUT2D eigenvalue weighted by atomic mass is 32.2. The van der Waals surface area contributed by atoms with Crippen LogP contribution in [0.3, 0.4) is 0 Å². The fourth-order valence-corrected chi connectivity index (χ4v) is 3.52. The Kier molecular flexibility index (Phi) is 3.62. The van der Waals surface area contributed by atoms with Gasteiger partial charge in [-0.15, -0.1) is 0 Å². The highest BCUT2D eigenvalue weighted by molar-refractivity contribution is 7.92. The predicted molar refractivity (Wildman–Crippen MR) is 77.9 cm³/mol. The number of benzene rings is 2. The minimum Gasteiger partial charge on any atom is -0.269 e. The predicted octanol–water partition coefficient (Wildman–Crippen LogP) is 3.13. The second-order valence-electron chi connectivity index (χ2n) is 4.53. The summed E-state index contributed by atoms with van der Waals surface area (Å²) >= 11 is 0. The number of sulfonamides is 1. The first kappa shape index (κ1) is 13.6. The molecule has 100 valence electrons. The number of rotatable bonds is 3. The van der Waals surface area contributed by atoms with E-state index in [4.69, 9.17) is 0 Å². The van der Waals surface area contributed by atoms with Crippen molar-refractivity contribution in [1.82, 2.24) is 0 Å². The Morgan fingerprint density at radius 1 is 0.842 bits per heavy atom. The van der Waals surface area contributed by atoms with Crippen molar-refractivity contribution in [1.29, 1.82) is 0 Å². The van der Waals surface area contributed by atoms with Crippen LogP contribution in [0.4, 0.5) is 5.69 Å². The average molecular weight is 275 g/mol. The van der Waals surface area contributed by atoms with Gasteiger partial charge in [-0.05, 0) is 37.1 Å². The second kappa shape index (κ2) is 5.05. The average Bonchev–Trinajstić information content (AvgIpc) is 2.39. The van der Waals surface area contributed by atoms with Gasteiger partial charge in [-0.1, -0.05) is 36.4 Å². The maximum Gasteiger partial charge on any atom is 0.264 e. The van der Waals surface area contributed by atoms with Crippen LogP contribution in [0, 0.1) is 13.8 Å². The van der Waals surface area contributed by atoms with Gasteiger partial charge in [-0.3, -0.25) is 4.31 Å². The van der Waals surface area contributed by atoms with Crippen molar-refractivity contribution in [3.05, 3.63) is 59.7 Å². The molecule has 2 rings (SSSR count). The number of nitrogens with zero attached hydrogens (tertiary/aromatic N) is 1. The van der Waals surface area contributed by atoms with Gasteiger partial charge in [0.25, 0.3) is 10.0 Å². The third-order valence-corrected chi connectivity index (χ3v) is 4.93. The van der Waals surface area contributed by atoms with E-state index in [2.05, 4.69) is 0 Å². The van der Waals surface area contributed by atoms with Crippen LogP contribution in [0.15, 0.2) is 53.4 Å². The van der Waals surface area contributed by atoms with Gasteiger partial charge in [-0.25, -0.2) is 8.42 Å². The van der Waals surface area contributed by atoms with Crippen LogP contribution in [0.1, 0.15) is 11.1 Å². The number of anilines is 1. The van der Waals surface area contributed by atoms with Gasteiger partial charge in [0.15, 0.2) is 0 Å². The van der Waals surface area contributed by atoms with Crippen molar-refractivity contribution < 1.29 is 8.42 Å². The van der Waals surface area contributed by atoms with Crippen LogP contribution in [0.25, 0.3) is 0 Å². The van der Waals surface area contributed by atoms with E-state index in [0.29, 0.717) is 4.90 Å². The van der Waals surface area contributed by atoms with E-state index in [0.717, 1.165) is 16.8 Å². The third kappa shape index (κ3) is 2.49. The summed E-state index contributed by atoms with van der Waals surface area (Å²) in [6.45, 7) is 3.83. The van der Waals surface area contributed by atoms with Crippen LogP contribution in [0.2, 0.25) is 0 Å². The van der Waals surface area contributed by atoms with E-state index >= 15 is 0 Å². The first-order chi connectivity index (χ1) is 8.94. The molecule has 2 aromatic carbocycles. The SMILES string of the molecule is Cc1cccc(C)c1N(C)S(=O)(=O)c1ccccc1. The second-order valence-corrected chi connectivity index (χ2v) is 6.50. The zero-order chi connectivity index (χ0) is 14.0. The molecule has 0 aliphatic rings. The minimum atomic E-state index is -3.50. The lowest BCUT2D eigenvalue weighted by atomic mass is 10.1. The molecule has 3 nitrogen and oxygen atoms in total. The molecule has 0 aliphatic heterocycles. The topological polar surface area (TPSA) is 37.4 Å². The van der Waals surface area contributed by atoms with Gasteiger partial charge in [-0.2, -0.15) is 0 Å². The Morgan fingerprint density at radius 3 is 1.89 bits per heavy atom. The molecule has 0 bridgehead atoms. The van der Waals surface area contributed by atoms with Crippen molar-refractivity contribution in [2.45, 2.75) is 18.7 Å². The van der Waals surface area contributed by atoms with Gasteiger partial charge < -0.3 is 0 Å². The number of hydrogen-bond acceptors (Lipinski definition) is 2. The fourth-order valence-electron chi connectivity index (χ4n) is 2.17. The summed E-state index contributed by atoms with van der Waals surface area (Å²) in [4.78, 5) is 0.306. The molecule has 0 atom stereocenters. The minimum absolute atomic E-state index is 0.306.